The van der Waals surface area contributed by atoms with Gasteiger partial charge in [-0.3, -0.25) is 9.59 Å². The molecule has 0 fully saturated rings. The molecule has 25 heavy (non-hydrogen) atoms. The summed E-state index contributed by atoms with van der Waals surface area (Å²) in [5.41, 5.74) is 4.05. The van der Waals surface area contributed by atoms with Gasteiger partial charge in [-0.2, -0.15) is 0 Å². The van der Waals surface area contributed by atoms with E-state index in [2.05, 4.69) is 5.32 Å². The van der Waals surface area contributed by atoms with Crippen molar-refractivity contribution in [1.82, 2.24) is 0 Å². The summed E-state index contributed by atoms with van der Waals surface area (Å²) in [5, 5.41) is 2.83. The average molecular weight is 329 g/mol. The van der Waals surface area contributed by atoms with Crippen LogP contribution in [-0.4, -0.2) is 18.8 Å². The van der Waals surface area contributed by atoms with Crippen LogP contribution in [0.2, 0.25) is 0 Å². The lowest BCUT2D eigenvalue weighted by atomic mass is 10.0. The zero-order valence-corrected chi connectivity index (χ0v) is 13.6. The molecule has 0 saturated carbocycles. The quantitative estimate of drug-likeness (QED) is 0.614. The second-order valence-corrected chi connectivity index (χ2v) is 5.79. The molecule has 0 spiro atoms. The molecule has 0 saturated heterocycles. The Morgan fingerprint density at radius 2 is 1.52 bits per heavy atom. The van der Waals surface area contributed by atoms with E-state index in [1.165, 1.54) is 0 Å². The largest absolute Gasteiger partial charge is 0.495 e. The Bertz CT molecular complexity index is 1010. The Morgan fingerprint density at radius 3 is 2.32 bits per heavy atom. The average Bonchev–Trinajstić information content (AvgIpc) is 2.94. The summed E-state index contributed by atoms with van der Waals surface area (Å²) in [7, 11) is 1.55. The zero-order chi connectivity index (χ0) is 17.4. The van der Waals surface area contributed by atoms with Crippen LogP contribution in [0.3, 0.4) is 0 Å². The Kier molecular flexibility index (Phi) is 3.58. The molecule has 122 valence electrons. The van der Waals surface area contributed by atoms with Crippen LogP contribution in [0.15, 0.2) is 66.7 Å². The number of ketones is 1. The molecule has 3 aromatic carbocycles. The fraction of sp³-hybridized carbons (Fsp3) is 0.0476. The van der Waals surface area contributed by atoms with Crippen molar-refractivity contribution in [3.63, 3.8) is 0 Å². The fourth-order valence-corrected chi connectivity index (χ4v) is 3.11. The van der Waals surface area contributed by atoms with Crippen molar-refractivity contribution in [3.8, 4) is 16.9 Å². The lowest BCUT2D eigenvalue weighted by Crippen LogP contribution is -2.13. The molecular weight excluding hydrogens is 314 g/mol. The van der Waals surface area contributed by atoms with E-state index < -0.39 is 0 Å². The van der Waals surface area contributed by atoms with Gasteiger partial charge in [0, 0.05) is 16.7 Å². The van der Waals surface area contributed by atoms with E-state index in [0.717, 1.165) is 11.1 Å². The van der Waals surface area contributed by atoms with Crippen LogP contribution in [0.5, 0.6) is 5.75 Å². The maximum atomic E-state index is 12.6. The van der Waals surface area contributed by atoms with Crippen LogP contribution >= 0.6 is 0 Å². The Hall–Kier alpha value is -3.40. The molecule has 4 rings (SSSR count). The van der Waals surface area contributed by atoms with Gasteiger partial charge in [0.15, 0.2) is 5.78 Å². The highest BCUT2D eigenvalue weighted by molar-refractivity contribution is 6.22. The molecule has 0 radical (unpaired) electrons. The first-order chi connectivity index (χ1) is 12.2. The highest BCUT2D eigenvalue weighted by Crippen LogP contribution is 2.36. The molecule has 4 nitrogen and oxygen atoms in total. The second-order valence-electron chi connectivity index (χ2n) is 5.79. The number of ether oxygens (including phenoxy) is 1. The maximum absolute atomic E-state index is 12.6. The van der Waals surface area contributed by atoms with E-state index in [0.29, 0.717) is 28.1 Å². The summed E-state index contributed by atoms with van der Waals surface area (Å²) >= 11 is 0. The van der Waals surface area contributed by atoms with Crippen molar-refractivity contribution in [2.75, 3.05) is 12.4 Å². The fourth-order valence-electron chi connectivity index (χ4n) is 3.11. The Labute approximate surface area is 145 Å². The number of hydrogen-bond donors (Lipinski definition) is 1. The van der Waals surface area contributed by atoms with Crippen molar-refractivity contribution in [2.24, 2.45) is 0 Å². The highest BCUT2D eigenvalue weighted by Gasteiger charge is 2.27. The van der Waals surface area contributed by atoms with Gasteiger partial charge in [-0.15, -0.1) is 0 Å². The topological polar surface area (TPSA) is 55.4 Å². The smallest absolute Gasteiger partial charge is 0.255 e. The number of carbonyl (C=O) groups excluding carboxylic acids is 2. The lowest BCUT2D eigenvalue weighted by molar-refractivity contribution is 0.102. The standard InChI is InChI=1S/C21H15NO3/c1-25-19-9-5-4-8-18(19)22-21(24)13-10-11-15-14-6-2-3-7-16(14)20(23)17(15)12-13/h2-12H,1H3,(H,22,24). The second kappa shape index (κ2) is 5.91. The van der Waals surface area contributed by atoms with Crippen molar-refractivity contribution in [1.29, 1.82) is 0 Å². The van der Waals surface area contributed by atoms with Gasteiger partial charge < -0.3 is 10.1 Å². The molecule has 1 amide bonds. The number of methoxy groups -OCH3 is 1. The van der Waals surface area contributed by atoms with E-state index in [9.17, 15) is 9.59 Å². The first-order valence-electron chi connectivity index (χ1n) is 7.91. The van der Waals surface area contributed by atoms with E-state index in [-0.39, 0.29) is 11.7 Å². The molecule has 0 aliphatic heterocycles. The van der Waals surface area contributed by atoms with Gasteiger partial charge in [0.2, 0.25) is 0 Å². The maximum Gasteiger partial charge on any atom is 0.255 e. The zero-order valence-electron chi connectivity index (χ0n) is 13.6. The lowest BCUT2D eigenvalue weighted by Gasteiger charge is -2.10. The normalized spacial score (nSPS) is 11.6. The third-order valence-corrected chi connectivity index (χ3v) is 4.34. The molecule has 0 atom stereocenters. The van der Waals surface area contributed by atoms with Gasteiger partial charge in [0.1, 0.15) is 5.75 Å². The Balaban J connectivity index is 1.67. The number of anilines is 1. The molecule has 1 aliphatic rings. The molecule has 0 unspecified atom stereocenters. The Morgan fingerprint density at radius 1 is 0.840 bits per heavy atom. The van der Waals surface area contributed by atoms with Crippen molar-refractivity contribution >= 4 is 17.4 Å². The van der Waals surface area contributed by atoms with E-state index in [1.54, 1.807) is 31.4 Å². The van der Waals surface area contributed by atoms with Crippen LogP contribution in [0, 0.1) is 0 Å². The van der Waals surface area contributed by atoms with Crippen molar-refractivity contribution in [3.05, 3.63) is 83.4 Å². The summed E-state index contributed by atoms with van der Waals surface area (Å²) in [6, 6.07) is 19.9. The van der Waals surface area contributed by atoms with Crippen LogP contribution in [0.25, 0.3) is 11.1 Å². The number of carbonyl (C=O) groups is 2. The van der Waals surface area contributed by atoms with Gasteiger partial charge in [0.05, 0.1) is 12.8 Å². The van der Waals surface area contributed by atoms with Crippen molar-refractivity contribution < 1.29 is 14.3 Å². The van der Waals surface area contributed by atoms with Crippen molar-refractivity contribution in [2.45, 2.75) is 0 Å². The predicted molar refractivity (Wildman–Crippen MR) is 96.3 cm³/mol. The van der Waals surface area contributed by atoms with Gasteiger partial charge in [-0.05, 0) is 35.4 Å². The minimum Gasteiger partial charge on any atom is -0.495 e. The number of hydrogen-bond acceptors (Lipinski definition) is 3. The highest BCUT2D eigenvalue weighted by atomic mass is 16.5. The number of rotatable bonds is 3. The van der Waals surface area contributed by atoms with Gasteiger partial charge in [-0.1, -0.05) is 42.5 Å². The number of fused-ring (bicyclic) bond motifs is 3. The molecule has 3 aromatic rings. The molecule has 4 heteroatoms. The van der Waals surface area contributed by atoms with Gasteiger partial charge in [-0.25, -0.2) is 0 Å². The molecule has 0 aromatic heterocycles. The summed E-state index contributed by atoms with van der Waals surface area (Å²) in [6.07, 6.45) is 0. The number of para-hydroxylation sites is 2. The first-order valence-corrected chi connectivity index (χ1v) is 7.91. The minimum absolute atomic E-state index is 0.0439. The summed E-state index contributed by atoms with van der Waals surface area (Å²) in [5.74, 6) is 0.258. The van der Waals surface area contributed by atoms with Crippen LogP contribution in [-0.2, 0) is 0 Å². The monoisotopic (exact) mass is 329 g/mol. The first kappa shape index (κ1) is 15.1. The molecule has 0 bridgehead atoms. The number of benzene rings is 3. The van der Waals surface area contributed by atoms with Crippen LogP contribution < -0.4 is 10.1 Å². The van der Waals surface area contributed by atoms with Crippen LogP contribution in [0.1, 0.15) is 26.3 Å². The number of nitrogens with one attached hydrogen (secondary N) is 1. The van der Waals surface area contributed by atoms with E-state index in [4.69, 9.17) is 4.74 Å². The van der Waals surface area contributed by atoms with E-state index >= 15 is 0 Å². The third kappa shape index (κ3) is 2.48. The third-order valence-electron chi connectivity index (χ3n) is 4.34. The summed E-state index contributed by atoms with van der Waals surface area (Å²) in [6.45, 7) is 0. The van der Waals surface area contributed by atoms with E-state index in [1.807, 2.05) is 42.5 Å². The van der Waals surface area contributed by atoms with Crippen LogP contribution in [0.4, 0.5) is 5.69 Å². The summed E-state index contributed by atoms with van der Waals surface area (Å²) in [4.78, 5) is 25.2. The predicted octanol–water partition coefficient (Wildman–Crippen LogP) is 4.16. The molecule has 1 aliphatic carbocycles. The van der Waals surface area contributed by atoms with Gasteiger partial charge in [0.25, 0.3) is 5.91 Å². The minimum atomic E-state index is -0.281. The molecule has 0 heterocycles. The van der Waals surface area contributed by atoms with Gasteiger partial charge >= 0.3 is 0 Å². The molecular formula is C21H15NO3. The number of amides is 1. The molecule has 1 N–H and O–H groups in total. The summed E-state index contributed by atoms with van der Waals surface area (Å²) < 4.78 is 5.25. The SMILES string of the molecule is COc1ccccc1NC(=O)c1ccc2c(c1)C(=O)c1ccccc1-2.